The molecule has 0 saturated heterocycles. The molecule has 0 aromatic heterocycles. The van der Waals surface area contributed by atoms with Crippen LogP contribution in [0.3, 0.4) is 0 Å². The molecule has 2 amide bonds. The third-order valence-electron chi connectivity index (χ3n) is 4.10. The zero-order valence-corrected chi connectivity index (χ0v) is 16.9. The summed E-state index contributed by atoms with van der Waals surface area (Å²) in [6.07, 6.45) is 0. The van der Waals surface area contributed by atoms with Gasteiger partial charge in [-0.1, -0.05) is 53.5 Å². The largest absolute Gasteiger partial charge is 0.376 e. The van der Waals surface area contributed by atoms with Crippen LogP contribution in [0.25, 0.3) is 0 Å². The Labute approximate surface area is 179 Å². The highest BCUT2D eigenvalue weighted by Gasteiger charge is 2.08. The van der Waals surface area contributed by atoms with E-state index in [1.165, 1.54) is 0 Å². The Morgan fingerprint density at radius 2 is 1.59 bits per heavy atom. The number of hydrogen-bond acceptors (Lipinski definition) is 3. The maximum absolute atomic E-state index is 12.2. The number of anilines is 2. The summed E-state index contributed by atoms with van der Waals surface area (Å²) in [7, 11) is 0. The molecule has 148 valence electrons. The zero-order valence-electron chi connectivity index (χ0n) is 15.4. The minimum absolute atomic E-state index is 0.0440. The van der Waals surface area contributed by atoms with Crippen molar-refractivity contribution in [2.75, 3.05) is 17.2 Å². The summed E-state index contributed by atoms with van der Waals surface area (Å²) < 4.78 is 0. The van der Waals surface area contributed by atoms with Crippen LogP contribution in [0.1, 0.15) is 15.9 Å². The lowest BCUT2D eigenvalue weighted by atomic mass is 10.1. The van der Waals surface area contributed by atoms with Gasteiger partial charge in [-0.15, -0.1) is 0 Å². The fourth-order valence-corrected chi connectivity index (χ4v) is 2.93. The van der Waals surface area contributed by atoms with E-state index in [1.807, 2.05) is 30.3 Å². The average molecular weight is 428 g/mol. The molecule has 3 aromatic carbocycles. The standard InChI is InChI=1S/C22H19Cl2N3O2/c23-17-8-11-19(24)20(12-17)27-21(28)14-25-18-9-6-16(7-10-18)22(29)26-13-15-4-2-1-3-5-15/h1-12,25H,13-14H2,(H,26,29)(H,27,28). The van der Waals surface area contributed by atoms with Crippen molar-refractivity contribution in [2.45, 2.75) is 6.54 Å². The van der Waals surface area contributed by atoms with Crippen LogP contribution in [-0.4, -0.2) is 18.4 Å². The van der Waals surface area contributed by atoms with Crippen LogP contribution in [0.2, 0.25) is 10.0 Å². The Kier molecular flexibility index (Phi) is 7.11. The Hall–Kier alpha value is -3.02. The lowest BCUT2D eigenvalue weighted by Gasteiger charge is -2.10. The van der Waals surface area contributed by atoms with Gasteiger partial charge >= 0.3 is 0 Å². The number of nitrogens with one attached hydrogen (secondary N) is 3. The molecule has 0 fully saturated rings. The molecular formula is C22H19Cl2N3O2. The maximum atomic E-state index is 12.2. The second-order valence-corrected chi connectivity index (χ2v) is 7.12. The number of carbonyl (C=O) groups excluding carboxylic acids is 2. The molecular weight excluding hydrogens is 409 g/mol. The van der Waals surface area contributed by atoms with Gasteiger partial charge in [0.1, 0.15) is 0 Å². The summed E-state index contributed by atoms with van der Waals surface area (Å²) >= 11 is 12.0. The molecule has 0 spiro atoms. The Morgan fingerprint density at radius 3 is 2.31 bits per heavy atom. The molecule has 0 bridgehead atoms. The van der Waals surface area contributed by atoms with E-state index in [2.05, 4.69) is 16.0 Å². The zero-order chi connectivity index (χ0) is 20.6. The number of amides is 2. The Bertz CT molecular complexity index is 993. The molecule has 0 heterocycles. The number of halogens is 2. The fourth-order valence-electron chi connectivity index (χ4n) is 2.59. The fraction of sp³-hybridized carbons (Fsp3) is 0.0909. The Balaban J connectivity index is 1.49. The molecule has 0 aliphatic heterocycles. The van der Waals surface area contributed by atoms with Crippen LogP contribution >= 0.6 is 23.2 Å². The van der Waals surface area contributed by atoms with Gasteiger partial charge in [-0.2, -0.15) is 0 Å². The summed E-state index contributed by atoms with van der Waals surface area (Å²) in [6, 6.07) is 21.5. The van der Waals surface area contributed by atoms with Crippen LogP contribution in [-0.2, 0) is 11.3 Å². The van der Waals surface area contributed by atoms with E-state index in [9.17, 15) is 9.59 Å². The predicted octanol–water partition coefficient (Wildman–Crippen LogP) is 4.97. The number of benzene rings is 3. The third-order valence-corrected chi connectivity index (χ3v) is 4.66. The SMILES string of the molecule is O=C(CNc1ccc(C(=O)NCc2ccccc2)cc1)Nc1cc(Cl)ccc1Cl. The van der Waals surface area contributed by atoms with E-state index >= 15 is 0 Å². The van der Waals surface area contributed by atoms with Gasteiger partial charge in [0.2, 0.25) is 5.91 Å². The van der Waals surface area contributed by atoms with Crippen molar-refractivity contribution >= 4 is 46.4 Å². The molecule has 0 atom stereocenters. The first-order valence-corrected chi connectivity index (χ1v) is 9.68. The highest BCUT2D eigenvalue weighted by atomic mass is 35.5. The minimum Gasteiger partial charge on any atom is -0.376 e. The van der Waals surface area contributed by atoms with Gasteiger partial charge in [0.15, 0.2) is 0 Å². The summed E-state index contributed by atoms with van der Waals surface area (Å²) in [4.78, 5) is 24.3. The van der Waals surface area contributed by atoms with Gasteiger partial charge in [0.05, 0.1) is 17.3 Å². The van der Waals surface area contributed by atoms with Crippen LogP contribution < -0.4 is 16.0 Å². The second-order valence-electron chi connectivity index (χ2n) is 6.27. The van der Waals surface area contributed by atoms with E-state index in [4.69, 9.17) is 23.2 Å². The number of carbonyl (C=O) groups is 2. The monoisotopic (exact) mass is 427 g/mol. The molecule has 0 saturated carbocycles. The molecule has 3 N–H and O–H groups in total. The van der Waals surface area contributed by atoms with Gasteiger partial charge in [0, 0.05) is 22.8 Å². The van der Waals surface area contributed by atoms with Crippen molar-refractivity contribution < 1.29 is 9.59 Å². The molecule has 5 nitrogen and oxygen atoms in total. The van der Waals surface area contributed by atoms with Gasteiger partial charge in [-0.25, -0.2) is 0 Å². The quantitative estimate of drug-likeness (QED) is 0.498. The van der Waals surface area contributed by atoms with E-state index < -0.39 is 0 Å². The molecule has 0 aliphatic rings. The molecule has 3 aromatic rings. The maximum Gasteiger partial charge on any atom is 0.251 e. The van der Waals surface area contributed by atoms with Crippen LogP contribution in [0.15, 0.2) is 72.8 Å². The van der Waals surface area contributed by atoms with E-state index in [0.29, 0.717) is 27.8 Å². The highest BCUT2D eigenvalue weighted by molar-refractivity contribution is 6.35. The molecule has 3 rings (SSSR count). The van der Waals surface area contributed by atoms with Crippen molar-refractivity contribution in [3.05, 3.63) is 94.0 Å². The van der Waals surface area contributed by atoms with Crippen LogP contribution in [0, 0.1) is 0 Å². The van der Waals surface area contributed by atoms with Crippen molar-refractivity contribution in [3.8, 4) is 0 Å². The molecule has 0 aliphatic carbocycles. The van der Waals surface area contributed by atoms with Crippen molar-refractivity contribution in [1.82, 2.24) is 5.32 Å². The van der Waals surface area contributed by atoms with Gasteiger partial charge in [-0.05, 0) is 48.0 Å². The van der Waals surface area contributed by atoms with Gasteiger partial charge in [0.25, 0.3) is 5.91 Å². The predicted molar refractivity (Wildman–Crippen MR) is 118 cm³/mol. The Morgan fingerprint density at radius 1 is 0.862 bits per heavy atom. The summed E-state index contributed by atoms with van der Waals surface area (Å²) in [5, 5.41) is 9.48. The third kappa shape index (κ3) is 6.24. The minimum atomic E-state index is -0.265. The van der Waals surface area contributed by atoms with Crippen LogP contribution in [0.4, 0.5) is 11.4 Å². The van der Waals surface area contributed by atoms with Gasteiger partial charge < -0.3 is 16.0 Å². The smallest absolute Gasteiger partial charge is 0.251 e. The van der Waals surface area contributed by atoms with Crippen molar-refractivity contribution in [2.24, 2.45) is 0 Å². The van der Waals surface area contributed by atoms with E-state index in [1.54, 1.807) is 42.5 Å². The number of rotatable bonds is 7. The van der Waals surface area contributed by atoms with Gasteiger partial charge in [-0.3, -0.25) is 9.59 Å². The van der Waals surface area contributed by atoms with E-state index in [0.717, 1.165) is 11.3 Å². The normalized spacial score (nSPS) is 10.3. The lowest BCUT2D eigenvalue weighted by molar-refractivity contribution is -0.114. The van der Waals surface area contributed by atoms with Crippen molar-refractivity contribution in [1.29, 1.82) is 0 Å². The average Bonchev–Trinajstić information content (AvgIpc) is 2.74. The first-order chi connectivity index (χ1) is 14.0. The second kappa shape index (κ2) is 9.96. The van der Waals surface area contributed by atoms with E-state index in [-0.39, 0.29) is 18.4 Å². The molecule has 7 heteroatoms. The first-order valence-electron chi connectivity index (χ1n) is 8.92. The van der Waals surface area contributed by atoms with Crippen LogP contribution in [0.5, 0.6) is 0 Å². The first kappa shape index (κ1) is 20.7. The summed E-state index contributed by atoms with van der Waals surface area (Å²) in [5.41, 5.74) is 2.75. The molecule has 0 radical (unpaired) electrons. The summed E-state index contributed by atoms with van der Waals surface area (Å²) in [6.45, 7) is 0.508. The topological polar surface area (TPSA) is 70.2 Å². The highest BCUT2D eigenvalue weighted by Crippen LogP contribution is 2.25. The molecule has 29 heavy (non-hydrogen) atoms. The lowest BCUT2D eigenvalue weighted by Crippen LogP contribution is -2.23. The summed E-state index contributed by atoms with van der Waals surface area (Å²) in [5.74, 6) is -0.424. The molecule has 0 unspecified atom stereocenters. The number of hydrogen-bond donors (Lipinski definition) is 3. The van der Waals surface area contributed by atoms with Crippen molar-refractivity contribution in [3.63, 3.8) is 0 Å².